The van der Waals surface area contributed by atoms with Crippen LogP contribution >= 0.6 is 11.6 Å². The monoisotopic (exact) mass is 270 g/mol. The third-order valence-corrected chi connectivity index (χ3v) is 3.07. The van der Waals surface area contributed by atoms with E-state index in [0.29, 0.717) is 17.5 Å². The molecular formula is C13H19ClN2O2. The fraction of sp³-hybridized carbons (Fsp3) is 0.538. The molecule has 0 aliphatic rings. The van der Waals surface area contributed by atoms with Gasteiger partial charge in [-0.3, -0.25) is 15.0 Å². The molecule has 0 aromatic heterocycles. The van der Waals surface area contributed by atoms with E-state index in [-0.39, 0.29) is 5.69 Å². The van der Waals surface area contributed by atoms with Gasteiger partial charge in [-0.15, -0.1) is 0 Å². The Morgan fingerprint density at radius 1 is 1.44 bits per heavy atom. The first-order chi connectivity index (χ1) is 8.43. The Hall–Kier alpha value is -1.13. The first-order valence-corrected chi connectivity index (χ1v) is 6.47. The number of rotatable bonds is 6. The molecule has 1 aromatic carbocycles. The molecule has 0 saturated carbocycles. The summed E-state index contributed by atoms with van der Waals surface area (Å²) in [7, 11) is 0. The number of hydrogen-bond donors (Lipinski definition) is 0. The number of non-ortho nitro benzene ring substituents is 1. The Bertz CT molecular complexity index is 421. The molecule has 0 atom stereocenters. The normalized spacial score (nSPS) is 11.2. The summed E-state index contributed by atoms with van der Waals surface area (Å²) in [6, 6.07) is 4.59. The van der Waals surface area contributed by atoms with Crippen LogP contribution in [0.4, 0.5) is 5.69 Å². The molecule has 0 aliphatic heterocycles. The van der Waals surface area contributed by atoms with Crippen LogP contribution < -0.4 is 0 Å². The fourth-order valence-corrected chi connectivity index (χ4v) is 2.04. The van der Waals surface area contributed by atoms with E-state index in [4.69, 9.17) is 11.6 Å². The molecular weight excluding hydrogens is 252 g/mol. The van der Waals surface area contributed by atoms with Gasteiger partial charge in [0, 0.05) is 30.2 Å². The van der Waals surface area contributed by atoms with Crippen LogP contribution in [0, 0.1) is 16.0 Å². The maximum Gasteiger partial charge on any atom is 0.269 e. The maximum absolute atomic E-state index is 10.7. The van der Waals surface area contributed by atoms with Crippen molar-refractivity contribution >= 4 is 17.3 Å². The van der Waals surface area contributed by atoms with Gasteiger partial charge in [0.1, 0.15) is 0 Å². The Morgan fingerprint density at radius 2 is 2.11 bits per heavy atom. The molecule has 0 aliphatic carbocycles. The van der Waals surface area contributed by atoms with Crippen LogP contribution in [-0.4, -0.2) is 22.9 Å². The molecule has 0 amide bonds. The first kappa shape index (κ1) is 14.9. The molecule has 0 saturated heterocycles. The molecule has 0 fully saturated rings. The highest BCUT2D eigenvalue weighted by atomic mass is 35.5. The van der Waals surface area contributed by atoms with Crippen LogP contribution in [0.25, 0.3) is 0 Å². The predicted molar refractivity (Wildman–Crippen MR) is 73.9 cm³/mol. The lowest BCUT2D eigenvalue weighted by Gasteiger charge is -2.22. The van der Waals surface area contributed by atoms with Crippen molar-refractivity contribution in [2.24, 2.45) is 5.92 Å². The van der Waals surface area contributed by atoms with Gasteiger partial charge >= 0.3 is 0 Å². The van der Waals surface area contributed by atoms with Crippen molar-refractivity contribution in [3.8, 4) is 0 Å². The summed E-state index contributed by atoms with van der Waals surface area (Å²) in [4.78, 5) is 12.6. The molecule has 1 aromatic rings. The molecule has 18 heavy (non-hydrogen) atoms. The zero-order valence-electron chi connectivity index (χ0n) is 11.0. The molecule has 0 heterocycles. The van der Waals surface area contributed by atoms with Gasteiger partial charge in [-0.25, -0.2) is 0 Å². The Balaban J connectivity index is 2.87. The zero-order valence-corrected chi connectivity index (χ0v) is 11.8. The van der Waals surface area contributed by atoms with E-state index in [9.17, 15) is 10.1 Å². The fourth-order valence-electron chi connectivity index (χ4n) is 1.86. The van der Waals surface area contributed by atoms with Gasteiger partial charge in [-0.05, 0) is 24.1 Å². The van der Waals surface area contributed by atoms with E-state index in [0.717, 1.165) is 18.7 Å². The van der Waals surface area contributed by atoms with Gasteiger partial charge in [0.25, 0.3) is 5.69 Å². The molecule has 1 rings (SSSR count). The quantitative estimate of drug-likeness (QED) is 0.584. The minimum atomic E-state index is -0.390. The SMILES string of the molecule is CCN(Cc1cc([N+](=O)[O-])ccc1Cl)CC(C)C. The third kappa shape index (κ3) is 4.27. The lowest BCUT2D eigenvalue weighted by molar-refractivity contribution is -0.384. The van der Waals surface area contributed by atoms with Crippen molar-refractivity contribution in [3.05, 3.63) is 38.9 Å². The summed E-state index contributed by atoms with van der Waals surface area (Å²) in [6.07, 6.45) is 0. The van der Waals surface area contributed by atoms with Crippen LogP contribution in [0.1, 0.15) is 26.3 Å². The van der Waals surface area contributed by atoms with E-state index in [1.807, 2.05) is 0 Å². The lowest BCUT2D eigenvalue weighted by Crippen LogP contribution is -2.27. The van der Waals surface area contributed by atoms with E-state index in [1.165, 1.54) is 6.07 Å². The van der Waals surface area contributed by atoms with E-state index < -0.39 is 4.92 Å². The van der Waals surface area contributed by atoms with Crippen molar-refractivity contribution in [3.63, 3.8) is 0 Å². The van der Waals surface area contributed by atoms with Crippen molar-refractivity contribution in [2.75, 3.05) is 13.1 Å². The molecule has 0 unspecified atom stereocenters. The average Bonchev–Trinajstić information content (AvgIpc) is 2.29. The Morgan fingerprint density at radius 3 is 2.61 bits per heavy atom. The van der Waals surface area contributed by atoms with Gasteiger partial charge < -0.3 is 0 Å². The van der Waals surface area contributed by atoms with Gasteiger partial charge in [-0.2, -0.15) is 0 Å². The van der Waals surface area contributed by atoms with Crippen molar-refractivity contribution in [1.82, 2.24) is 4.90 Å². The van der Waals surface area contributed by atoms with Gasteiger partial charge in [0.2, 0.25) is 0 Å². The largest absolute Gasteiger partial charge is 0.299 e. The lowest BCUT2D eigenvalue weighted by atomic mass is 10.1. The van der Waals surface area contributed by atoms with Crippen LogP contribution in [0.2, 0.25) is 5.02 Å². The van der Waals surface area contributed by atoms with Crippen molar-refractivity contribution in [1.29, 1.82) is 0 Å². The molecule has 5 heteroatoms. The number of hydrogen-bond acceptors (Lipinski definition) is 3. The molecule has 4 nitrogen and oxygen atoms in total. The average molecular weight is 271 g/mol. The highest BCUT2D eigenvalue weighted by Gasteiger charge is 2.13. The topological polar surface area (TPSA) is 46.4 Å². The molecule has 0 N–H and O–H groups in total. The van der Waals surface area contributed by atoms with Gasteiger partial charge in [0.05, 0.1) is 4.92 Å². The van der Waals surface area contributed by atoms with Gasteiger partial charge in [-0.1, -0.05) is 32.4 Å². The number of nitrogens with zero attached hydrogens (tertiary/aromatic N) is 2. The second kappa shape index (κ2) is 6.71. The van der Waals surface area contributed by atoms with E-state index in [1.54, 1.807) is 12.1 Å². The number of halogens is 1. The van der Waals surface area contributed by atoms with Crippen LogP contribution in [-0.2, 0) is 6.54 Å². The maximum atomic E-state index is 10.7. The minimum absolute atomic E-state index is 0.0926. The highest BCUT2D eigenvalue weighted by Crippen LogP contribution is 2.23. The van der Waals surface area contributed by atoms with Gasteiger partial charge in [0.15, 0.2) is 0 Å². The summed E-state index contributed by atoms with van der Waals surface area (Å²) in [6.45, 7) is 8.88. The second-order valence-electron chi connectivity index (χ2n) is 4.75. The van der Waals surface area contributed by atoms with Crippen LogP contribution in [0.3, 0.4) is 0 Å². The van der Waals surface area contributed by atoms with E-state index in [2.05, 4.69) is 25.7 Å². The van der Waals surface area contributed by atoms with Crippen molar-refractivity contribution < 1.29 is 4.92 Å². The molecule has 0 bridgehead atoms. The minimum Gasteiger partial charge on any atom is -0.299 e. The summed E-state index contributed by atoms with van der Waals surface area (Å²) in [5.74, 6) is 0.558. The Kier molecular flexibility index (Phi) is 5.56. The van der Waals surface area contributed by atoms with Crippen LogP contribution in [0.5, 0.6) is 0 Å². The van der Waals surface area contributed by atoms with Crippen LogP contribution in [0.15, 0.2) is 18.2 Å². The third-order valence-electron chi connectivity index (χ3n) is 2.70. The number of nitro groups is 1. The number of benzene rings is 1. The number of nitro benzene ring substituents is 1. The summed E-state index contributed by atoms with van der Waals surface area (Å²) in [5, 5.41) is 11.3. The molecule has 0 radical (unpaired) electrons. The van der Waals surface area contributed by atoms with E-state index >= 15 is 0 Å². The zero-order chi connectivity index (χ0) is 13.7. The Labute approximate surface area is 113 Å². The molecule has 0 spiro atoms. The summed E-state index contributed by atoms with van der Waals surface area (Å²) < 4.78 is 0. The standard InChI is InChI=1S/C13H19ClN2O2/c1-4-15(8-10(2)3)9-11-7-12(16(17)18)5-6-13(11)14/h5-7,10H,4,8-9H2,1-3H3. The molecule has 100 valence electrons. The summed E-state index contributed by atoms with van der Waals surface area (Å²) >= 11 is 6.09. The first-order valence-electron chi connectivity index (χ1n) is 6.09. The van der Waals surface area contributed by atoms with Crippen molar-refractivity contribution in [2.45, 2.75) is 27.3 Å². The predicted octanol–water partition coefficient (Wildman–Crippen LogP) is 3.73. The smallest absolute Gasteiger partial charge is 0.269 e. The summed E-state index contributed by atoms with van der Waals surface area (Å²) in [5.41, 5.74) is 0.906. The second-order valence-corrected chi connectivity index (χ2v) is 5.16. The highest BCUT2D eigenvalue weighted by molar-refractivity contribution is 6.31.